The topological polar surface area (TPSA) is 23.5 Å². The van der Waals surface area contributed by atoms with Crippen LogP contribution in [0.2, 0.25) is 0 Å². The van der Waals surface area contributed by atoms with Crippen LogP contribution in [-0.2, 0) is 0 Å². The van der Waals surface area contributed by atoms with Crippen LogP contribution in [-0.4, -0.2) is 96.2 Å². The molecule has 230 valence electrons. The average Bonchev–Trinajstić information content (AvgIpc) is 2.64. The molecule has 0 aromatic heterocycles. The Kier molecular flexibility index (Phi) is 9.14. The summed E-state index contributed by atoms with van der Waals surface area (Å²) in [6, 6.07) is 0. The number of aliphatic hydroxyl groups excluding tert-OH is 1. The Morgan fingerprint density at radius 1 is 0.447 bits per heavy atom. The fourth-order valence-electron chi connectivity index (χ4n) is 2.50. The van der Waals surface area contributed by atoms with Gasteiger partial charge in [0.15, 0.2) is 0 Å². The van der Waals surface area contributed by atoms with Crippen LogP contribution in [0.3, 0.4) is 0 Å². The lowest BCUT2D eigenvalue weighted by atomic mass is 9.85. The van der Waals surface area contributed by atoms with Gasteiger partial charge in [-0.2, -0.15) is 92.2 Å². The van der Waals surface area contributed by atoms with Gasteiger partial charge in [-0.05, 0) is 14.1 Å². The molecule has 23 heteroatoms. The molecule has 0 rings (SSSR count). The second-order valence-corrected chi connectivity index (χ2v) is 7.92. The van der Waals surface area contributed by atoms with Crippen LogP contribution in [0.5, 0.6) is 0 Å². The largest absolute Gasteiger partial charge is 0.460 e. The predicted molar refractivity (Wildman–Crippen MR) is 79.8 cm³/mol. The smallest absolute Gasteiger partial charge is 0.392 e. The zero-order valence-corrected chi connectivity index (χ0v) is 17.8. The molecule has 0 heterocycles. The summed E-state index contributed by atoms with van der Waals surface area (Å²) in [5.41, 5.74) is 0. The fourth-order valence-corrected chi connectivity index (χ4v) is 2.50. The van der Waals surface area contributed by atoms with Gasteiger partial charge in [-0.15, -0.1) is 0 Å². The molecule has 0 saturated carbocycles. The van der Waals surface area contributed by atoms with E-state index in [1.807, 2.05) is 0 Å². The Balaban J connectivity index is 6.92. The van der Waals surface area contributed by atoms with Gasteiger partial charge in [-0.25, -0.2) is 0 Å². The highest BCUT2D eigenvalue weighted by atomic mass is 19.4. The van der Waals surface area contributed by atoms with E-state index in [-0.39, 0.29) is 0 Å². The molecule has 0 fully saturated rings. The van der Waals surface area contributed by atoms with E-state index in [1.54, 1.807) is 0 Å². The molecular weight excluding hydrogens is 609 g/mol. The molecule has 1 atom stereocenters. The van der Waals surface area contributed by atoms with Crippen LogP contribution in [0.25, 0.3) is 0 Å². The highest BCUT2D eigenvalue weighted by molar-refractivity contribution is 5.18. The second kappa shape index (κ2) is 9.53. The van der Waals surface area contributed by atoms with Gasteiger partial charge in [-0.1, -0.05) is 0 Å². The van der Waals surface area contributed by atoms with Crippen LogP contribution in [0.15, 0.2) is 0 Å². The predicted octanol–water partition coefficient (Wildman–Crippen LogP) is 6.58. The van der Waals surface area contributed by atoms with Crippen LogP contribution >= 0.6 is 0 Å². The van der Waals surface area contributed by atoms with Crippen LogP contribution in [0.1, 0.15) is 6.42 Å². The maximum absolute atomic E-state index is 13.7. The van der Waals surface area contributed by atoms with E-state index >= 15 is 0 Å². The van der Waals surface area contributed by atoms with Crippen molar-refractivity contribution in [2.45, 2.75) is 72.0 Å². The summed E-state index contributed by atoms with van der Waals surface area (Å²) in [5, 5.41) is 9.11. The van der Waals surface area contributed by atoms with Crippen LogP contribution < -0.4 is 0 Å². The second-order valence-electron chi connectivity index (χ2n) is 7.92. The summed E-state index contributed by atoms with van der Waals surface area (Å²) in [5.74, 6) is -77.3. The molecule has 0 spiro atoms. The van der Waals surface area contributed by atoms with Crippen molar-refractivity contribution in [1.82, 2.24) is 4.90 Å². The van der Waals surface area contributed by atoms with Gasteiger partial charge >= 0.3 is 59.5 Å². The lowest BCUT2D eigenvalue weighted by Crippen LogP contribution is -2.76. The first-order valence-electron chi connectivity index (χ1n) is 8.86. The first-order chi connectivity index (χ1) is 16.1. The average molecular weight is 621 g/mol. The fraction of sp³-hybridized carbons (Fsp3) is 1.00. The number of hydrogen-bond donors (Lipinski definition) is 1. The molecule has 1 unspecified atom stereocenters. The van der Waals surface area contributed by atoms with Gasteiger partial charge in [0.25, 0.3) is 0 Å². The molecule has 0 aliphatic carbocycles. The Morgan fingerprint density at radius 2 is 0.684 bits per heavy atom. The molecule has 0 aliphatic heterocycles. The number of hydrogen-bond acceptors (Lipinski definition) is 2. The summed E-state index contributed by atoms with van der Waals surface area (Å²) < 4.78 is 278. The monoisotopic (exact) mass is 621 g/mol. The van der Waals surface area contributed by atoms with Crippen molar-refractivity contribution in [3.8, 4) is 0 Å². The molecule has 0 saturated heterocycles. The summed E-state index contributed by atoms with van der Waals surface area (Å²) in [4.78, 5) is 0.666. The molecule has 0 bridgehead atoms. The van der Waals surface area contributed by atoms with Gasteiger partial charge in [-0.3, -0.25) is 0 Å². The van der Waals surface area contributed by atoms with E-state index in [2.05, 4.69) is 0 Å². The molecule has 1 N–H and O–H groups in total. The zero-order valence-electron chi connectivity index (χ0n) is 17.8. The van der Waals surface area contributed by atoms with Crippen molar-refractivity contribution in [2.24, 2.45) is 0 Å². The zero-order chi connectivity index (χ0) is 31.6. The van der Waals surface area contributed by atoms with Crippen molar-refractivity contribution < 1.29 is 97.3 Å². The van der Waals surface area contributed by atoms with Gasteiger partial charge in [0.2, 0.25) is 0 Å². The Hall–Kier alpha value is -1.55. The lowest BCUT2D eigenvalue weighted by Gasteiger charge is -2.44. The van der Waals surface area contributed by atoms with Crippen molar-refractivity contribution >= 4 is 0 Å². The number of halogens is 21. The Labute approximate surface area is 196 Å². The minimum absolute atomic E-state index is 0.666. The van der Waals surface area contributed by atoms with Gasteiger partial charge < -0.3 is 10.0 Å². The highest BCUT2D eigenvalue weighted by Crippen LogP contribution is 2.66. The standard InChI is InChI=1S/C15H12F21NO/c1-37(2)4-5(38)3-6(16,17)7(18,19)8(20,21)9(22,23)10(24,25)11(26,27)12(28,29)13(30,31)14(32,33)15(34,35)36/h5,38H,3-4H2,1-2H3. The number of likely N-dealkylation sites (N-methyl/N-ethyl adjacent to an activating group) is 1. The SMILES string of the molecule is CN(C)CC(O)CC(F)(F)C(F)(F)C(F)(F)C(F)(F)C(F)(F)C(F)(F)C(F)(F)C(F)(F)C(F)(F)C(F)(F)F. The molecule has 38 heavy (non-hydrogen) atoms. The van der Waals surface area contributed by atoms with Crippen molar-refractivity contribution in [3.05, 3.63) is 0 Å². The van der Waals surface area contributed by atoms with Crippen molar-refractivity contribution in [1.29, 1.82) is 0 Å². The summed E-state index contributed by atoms with van der Waals surface area (Å²) in [7, 11) is 1.81. The lowest BCUT2D eigenvalue weighted by molar-refractivity contribution is -0.474. The van der Waals surface area contributed by atoms with Crippen LogP contribution in [0, 0.1) is 0 Å². The molecule has 0 aliphatic rings. The summed E-state index contributed by atoms with van der Waals surface area (Å²) in [6.07, 6.45) is -13.9. The summed E-state index contributed by atoms with van der Waals surface area (Å²) >= 11 is 0. The van der Waals surface area contributed by atoms with Gasteiger partial charge in [0.1, 0.15) is 0 Å². The third kappa shape index (κ3) is 4.93. The van der Waals surface area contributed by atoms with E-state index in [4.69, 9.17) is 5.11 Å². The first kappa shape index (κ1) is 36.4. The van der Waals surface area contributed by atoms with E-state index < -0.39 is 78.5 Å². The molecule has 0 radical (unpaired) electrons. The first-order valence-corrected chi connectivity index (χ1v) is 8.86. The molecular formula is C15H12F21NO. The number of alkyl halides is 21. The third-order valence-corrected chi connectivity index (χ3v) is 4.64. The highest BCUT2D eigenvalue weighted by Gasteiger charge is 2.97. The van der Waals surface area contributed by atoms with E-state index in [1.165, 1.54) is 0 Å². The Morgan fingerprint density at radius 3 is 0.921 bits per heavy atom. The number of nitrogens with zero attached hydrogens (tertiary/aromatic N) is 1. The molecule has 0 aromatic rings. The quantitative estimate of drug-likeness (QED) is 0.249. The molecule has 0 aromatic carbocycles. The number of aliphatic hydroxyl groups is 1. The summed E-state index contributed by atoms with van der Waals surface area (Å²) in [6.45, 7) is -1.16. The molecule has 2 nitrogen and oxygen atoms in total. The van der Waals surface area contributed by atoms with Crippen molar-refractivity contribution in [2.75, 3.05) is 20.6 Å². The molecule has 0 amide bonds. The van der Waals surface area contributed by atoms with E-state index in [9.17, 15) is 92.2 Å². The maximum atomic E-state index is 13.7. The maximum Gasteiger partial charge on any atom is 0.460 e. The van der Waals surface area contributed by atoms with Gasteiger partial charge in [0, 0.05) is 13.0 Å². The Bertz CT molecular complexity index is 829. The minimum Gasteiger partial charge on any atom is -0.392 e. The van der Waals surface area contributed by atoms with E-state index in [0.717, 1.165) is 14.1 Å². The van der Waals surface area contributed by atoms with Crippen molar-refractivity contribution in [3.63, 3.8) is 0 Å². The normalized spacial score (nSPS) is 17.3. The van der Waals surface area contributed by atoms with Crippen LogP contribution in [0.4, 0.5) is 92.2 Å². The third-order valence-electron chi connectivity index (χ3n) is 4.64. The number of rotatable bonds is 12. The minimum atomic E-state index is -9.19. The van der Waals surface area contributed by atoms with E-state index in [0.29, 0.717) is 4.90 Å². The van der Waals surface area contributed by atoms with Gasteiger partial charge in [0.05, 0.1) is 6.10 Å².